The Labute approximate surface area is 105 Å². The molecule has 0 rings (SSSR count). The average Bonchev–Trinajstić information content (AvgIpc) is 2.09. The fourth-order valence-electron chi connectivity index (χ4n) is 1.26. The van der Waals surface area contributed by atoms with Crippen molar-refractivity contribution in [3.63, 3.8) is 0 Å². The molecule has 2 N–H and O–H groups in total. The summed E-state index contributed by atoms with van der Waals surface area (Å²) in [5.41, 5.74) is -0.571. The molecule has 0 bridgehead atoms. The van der Waals surface area contributed by atoms with Crippen LogP contribution in [0.2, 0.25) is 0 Å². The number of rotatable bonds is 5. The number of alkyl carbamates (subject to hydrolysis) is 1. The smallest absolute Gasteiger partial charge is 0.407 e. The fourth-order valence-corrected chi connectivity index (χ4v) is 1.26. The van der Waals surface area contributed by atoms with E-state index >= 15 is 0 Å². The average molecular weight is 245 g/mol. The molecule has 1 amide bonds. The van der Waals surface area contributed by atoms with Gasteiger partial charge in [-0.2, -0.15) is 0 Å². The third-order valence-electron chi connectivity index (χ3n) is 2.80. The summed E-state index contributed by atoms with van der Waals surface area (Å²) in [5, 5.41) is 12.2. The van der Waals surface area contributed by atoms with Crippen LogP contribution in [0.5, 0.6) is 0 Å². The molecule has 0 aliphatic heterocycles. The fraction of sp³-hybridized carbons (Fsp3) is 0.923. The van der Waals surface area contributed by atoms with Crippen LogP contribution < -0.4 is 5.32 Å². The van der Waals surface area contributed by atoms with Crippen LogP contribution in [-0.4, -0.2) is 29.4 Å². The number of nitrogens with one attached hydrogen (secondary N) is 1. The van der Waals surface area contributed by atoms with Crippen LogP contribution in [0.15, 0.2) is 0 Å². The van der Waals surface area contributed by atoms with E-state index in [1.165, 1.54) is 0 Å². The lowest BCUT2D eigenvalue weighted by Gasteiger charge is -2.28. The molecule has 102 valence electrons. The molecule has 17 heavy (non-hydrogen) atoms. The van der Waals surface area contributed by atoms with Crippen molar-refractivity contribution in [1.82, 2.24) is 5.32 Å². The van der Waals surface area contributed by atoms with Gasteiger partial charge in [-0.3, -0.25) is 0 Å². The molecular weight excluding hydrogens is 218 g/mol. The summed E-state index contributed by atoms with van der Waals surface area (Å²) in [7, 11) is 0. The van der Waals surface area contributed by atoms with Gasteiger partial charge in [0.05, 0.1) is 6.10 Å². The SMILES string of the molecule is C[C@H](O)C(C)(C)CCCNC(=O)OC(C)(C)C. The first kappa shape index (κ1) is 16.2. The molecule has 1 atom stereocenters. The van der Waals surface area contributed by atoms with Gasteiger partial charge in [0.15, 0.2) is 0 Å². The van der Waals surface area contributed by atoms with Crippen molar-refractivity contribution in [3.05, 3.63) is 0 Å². The van der Waals surface area contributed by atoms with Crippen LogP contribution >= 0.6 is 0 Å². The van der Waals surface area contributed by atoms with Gasteiger partial charge in [-0.05, 0) is 46.0 Å². The summed E-state index contributed by atoms with van der Waals surface area (Å²) in [6.45, 7) is 11.9. The Morgan fingerprint density at radius 3 is 2.24 bits per heavy atom. The molecule has 0 aliphatic rings. The highest BCUT2D eigenvalue weighted by Gasteiger charge is 2.23. The van der Waals surface area contributed by atoms with Gasteiger partial charge in [0.2, 0.25) is 0 Å². The number of aliphatic hydroxyl groups excluding tert-OH is 1. The number of hydrogen-bond acceptors (Lipinski definition) is 3. The lowest BCUT2D eigenvalue weighted by atomic mass is 9.83. The van der Waals surface area contributed by atoms with Gasteiger partial charge in [0.1, 0.15) is 5.60 Å². The second-order valence-corrected chi connectivity index (χ2v) is 6.20. The van der Waals surface area contributed by atoms with Crippen molar-refractivity contribution in [3.8, 4) is 0 Å². The summed E-state index contributed by atoms with van der Waals surface area (Å²) in [6.07, 6.45) is 0.966. The van der Waals surface area contributed by atoms with Gasteiger partial charge in [-0.15, -0.1) is 0 Å². The number of amides is 1. The van der Waals surface area contributed by atoms with Crippen LogP contribution in [0.1, 0.15) is 54.4 Å². The van der Waals surface area contributed by atoms with Crippen molar-refractivity contribution in [2.45, 2.75) is 66.1 Å². The molecule has 0 heterocycles. The predicted octanol–water partition coefficient (Wildman–Crippen LogP) is 2.70. The zero-order chi connectivity index (χ0) is 13.7. The number of aliphatic hydroxyl groups is 1. The van der Waals surface area contributed by atoms with E-state index in [2.05, 4.69) is 5.32 Å². The van der Waals surface area contributed by atoms with Crippen molar-refractivity contribution < 1.29 is 14.6 Å². The van der Waals surface area contributed by atoms with Crippen LogP contribution in [0.3, 0.4) is 0 Å². The molecule has 4 heteroatoms. The normalized spacial score (nSPS) is 14.3. The Morgan fingerprint density at radius 1 is 1.29 bits per heavy atom. The van der Waals surface area contributed by atoms with E-state index in [9.17, 15) is 9.90 Å². The van der Waals surface area contributed by atoms with Gasteiger partial charge < -0.3 is 15.2 Å². The highest BCUT2D eigenvalue weighted by Crippen LogP contribution is 2.26. The lowest BCUT2D eigenvalue weighted by molar-refractivity contribution is 0.0497. The quantitative estimate of drug-likeness (QED) is 0.732. The minimum Gasteiger partial charge on any atom is -0.444 e. The topological polar surface area (TPSA) is 58.6 Å². The van der Waals surface area contributed by atoms with Crippen molar-refractivity contribution in [2.24, 2.45) is 5.41 Å². The number of hydrogen-bond donors (Lipinski definition) is 2. The maximum atomic E-state index is 11.3. The third kappa shape index (κ3) is 8.02. The minimum atomic E-state index is -0.455. The van der Waals surface area contributed by atoms with Crippen molar-refractivity contribution in [1.29, 1.82) is 0 Å². The molecule has 4 nitrogen and oxygen atoms in total. The van der Waals surface area contributed by atoms with Crippen molar-refractivity contribution >= 4 is 6.09 Å². The largest absolute Gasteiger partial charge is 0.444 e. The Morgan fingerprint density at radius 2 is 1.82 bits per heavy atom. The standard InChI is InChI=1S/C13H27NO3/c1-10(15)13(5,6)8-7-9-14-11(16)17-12(2,3)4/h10,15H,7-9H2,1-6H3,(H,14,16)/t10-/m0/s1. The monoisotopic (exact) mass is 245 g/mol. The van der Waals surface area contributed by atoms with E-state index in [-0.39, 0.29) is 17.6 Å². The van der Waals surface area contributed by atoms with E-state index in [1.807, 2.05) is 34.6 Å². The molecular formula is C13H27NO3. The lowest BCUT2D eigenvalue weighted by Crippen LogP contribution is -2.34. The van der Waals surface area contributed by atoms with Crippen LogP contribution in [0.4, 0.5) is 4.79 Å². The van der Waals surface area contributed by atoms with E-state index in [1.54, 1.807) is 6.92 Å². The zero-order valence-electron chi connectivity index (χ0n) is 12.0. The van der Waals surface area contributed by atoms with Gasteiger partial charge >= 0.3 is 6.09 Å². The summed E-state index contributed by atoms with van der Waals surface area (Å²) >= 11 is 0. The van der Waals surface area contributed by atoms with Crippen LogP contribution in [0, 0.1) is 5.41 Å². The molecule has 0 fully saturated rings. The Kier molecular flexibility index (Phi) is 5.96. The maximum Gasteiger partial charge on any atom is 0.407 e. The minimum absolute atomic E-state index is 0.115. The Hall–Kier alpha value is -0.770. The van der Waals surface area contributed by atoms with Gasteiger partial charge in [0.25, 0.3) is 0 Å². The van der Waals surface area contributed by atoms with E-state index in [0.717, 1.165) is 12.8 Å². The molecule has 0 aromatic heterocycles. The first-order valence-corrected chi connectivity index (χ1v) is 6.19. The highest BCUT2D eigenvalue weighted by molar-refractivity contribution is 5.67. The molecule has 0 aliphatic carbocycles. The van der Waals surface area contributed by atoms with Crippen molar-refractivity contribution in [2.75, 3.05) is 6.54 Å². The van der Waals surface area contributed by atoms with E-state index in [0.29, 0.717) is 6.54 Å². The molecule has 0 saturated heterocycles. The molecule has 0 aromatic rings. The molecule has 0 spiro atoms. The maximum absolute atomic E-state index is 11.3. The van der Waals surface area contributed by atoms with Crippen LogP contribution in [0.25, 0.3) is 0 Å². The zero-order valence-corrected chi connectivity index (χ0v) is 12.0. The van der Waals surface area contributed by atoms with Gasteiger partial charge in [0, 0.05) is 6.54 Å². The van der Waals surface area contributed by atoms with Crippen LogP contribution in [-0.2, 0) is 4.74 Å². The third-order valence-corrected chi connectivity index (χ3v) is 2.80. The van der Waals surface area contributed by atoms with E-state index < -0.39 is 5.60 Å². The first-order valence-electron chi connectivity index (χ1n) is 6.19. The van der Waals surface area contributed by atoms with Gasteiger partial charge in [-0.25, -0.2) is 4.79 Å². The number of carbonyl (C=O) groups is 1. The molecule has 0 unspecified atom stereocenters. The summed E-state index contributed by atoms with van der Waals surface area (Å²) < 4.78 is 5.12. The number of ether oxygens (including phenoxy) is 1. The molecule has 0 saturated carbocycles. The second-order valence-electron chi connectivity index (χ2n) is 6.20. The highest BCUT2D eigenvalue weighted by atomic mass is 16.6. The summed E-state index contributed by atoms with van der Waals surface area (Å²) in [6, 6.07) is 0. The molecule has 0 aromatic carbocycles. The summed E-state index contributed by atoms with van der Waals surface area (Å²) in [4.78, 5) is 11.3. The Bertz CT molecular complexity index is 242. The summed E-state index contributed by atoms with van der Waals surface area (Å²) in [5.74, 6) is 0. The number of carbonyl (C=O) groups excluding carboxylic acids is 1. The second kappa shape index (κ2) is 6.24. The van der Waals surface area contributed by atoms with E-state index in [4.69, 9.17) is 4.74 Å². The first-order chi connectivity index (χ1) is 7.54. The molecule has 0 radical (unpaired) electrons. The Balaban J connectivity index is 3.76. The predicted molar refractivity (Wildman–Crippen MR) is 68.9 cm³/mol. The van der Waals surface area contributed by atoms with Gasteiger partial charge in [-0.1, -0.05) is 13.8 Å².